The van der Waals surface area contributed by atoms with Crippen LogP contribution in [0, 0.1) is 27.7 Å². The molecule has 0 saturated carbocycles. The van der Waals surface area contributed by atoms with Gasteiger partial charge in [0.1, 0.15) is 5.41 Å². The number of hydrogen-bond acceptors (Lipinski definition) is 3. The van der Waals surface area contributed by atoms with Crippen LogP contribution in [-0.4, -0.2) is 11.1 Å². The summed E-state index contributed by atoms with van der Waals surface area (Å²) in [4.78, 5) is 12.5. The minimum Gasteiger partial charge on any atom is -0.480 e. The molecule has 0 radical (unpaired) electrons. The summed E-state index contributed by atoms with van der Waals surface area (Å²) in [5, 5.41) is 17.1. The Bertz CT molecular complexity index is 1260. The summed E-state index contributed by atoms with van der Waals surface area (Å²) in [5.41, 5.74) is 8.97. The summed E-state index contributed by atoms with van der Waals surface area (Å²) in [6, 6.07) is 27.9. The first-order chi connectivity index (χ1) is 16.7. The quantitative estimate of drug-likeness (QED) is 0.261. The summed E-state index contributed by atoms with van der Waals surface area (Å²) < 4.78 is 0. The lowest BCUT2D eigenvalue weighted by Crippen LogP contribution is -2.33. The van der Waals surface area contributed by atoms with E-state index < -0.39 is 11.4 Å². The van der Waals surface area contributed by atoms with Gasteiger partial charge < -0.3 is 15.7 Å². The topological polar surface area (TPSA) is 61.4 Å². The smallest absolute Gasteiger partial charge is 0.318 e. The number of aryl methyl sites for hydroxylation is 4. The monoisotopic (exact) mass is 464 g/mol. The van der Waals surface area contributed by atoms with E-state index >= 15 is 0 Å². The number of carboxylic acid groups (broad SMARTS) is 1. The summed E-state index contributed by atoms with van der Waals surface area (Å²) in [6.45, 7) is 10.1. The normalized spacial score (nSPS) is 11.2. The molecule has 0 saturated heterocycles. The Kier molecular flexibility index (Phi) is 6.65. The highest BCUT2D eigenvalue weighted by Crippen LogP contribution is 2.35. The summed E-state index contributed by atoms with van der Waals surface area (Å²) in [7, 11) is 0. The van der Waals surface area contributed by atoms with E-state index in [2.05, 4.69) is 74.7 Å². The van der Waals surface area contributed by atoms with Crippen LogP contribution < -0.4 is 10.6 Å². The average Bonchev–Trinajstić information content (AvgIpc) is 2.83. The number of benzene rings is 4. The van der Waals surface area contributed by atoms with Crippen LogP contribution in [0.25, 0.3) is 0 Å². The van der Waals surface area contributed by atoms with Crippen molar-refractivity contribution in [3.63, 3.8) is 0 Å². The van der Waals surface area contributed by atoms with Crippen LogP contribution in [0.4, 0.5) is 22.7 Å². The number of hydrogen-bond donors (Lipinski definition) is 3. The Morgan fingerprint density at radius 3 is 1.31 bits per heavy atom. The van der Waals surface area contributed by atoms with Crippen LogP contribution in [0.15, 0.2) is 84.9 Å². The molecule has 0 atom stereocenters. The Morgan fingerprint density at radius 2 is 1.00 bits per heavy atom. The van der Waals surface area contributed by atoms with Crippen molar-refractivity contribution in [1.82, 2.24) is 0 Å². The third-order valence-electron chi connectivity index (χ3n) is 6.67. The van der Waals surface area contributed by atoms with Gasteiger partial charge in [-0.05, 0) is 93.3 Å². The van der Waals surface area contributed by atoms with Crippen LogP contribution in [0.5, 0.6) is 0 Å². The molecule has 4 aromatic rings. The highest BCUT2D eigenvalue weighted by Gasteiger charge is 2.37. The number of carboxylic acids is 1. The van der Waals surface area contributed by atoms with Crippen LogP contribution in [-0.2, 0) is 10.2 Å². The van der Waals surface area contributed by atoms with Gasteiger partial charge in [-0.2, -0.15) is 0 Å². The fraction of sp³-hybridized carbons (Fsp3) is 0.194. The van der Waals surface area contributed by atoms with Crippen molar-refractivity contribution in [2.24, 2.45) is 0 Å². The minimum atomic E-state index is -1.17. The van der Waals surface area contributed by atoms with Crippen molar-refractivity contribution >= 4 is 28.7 Å². The van der Waals surface area contributed by atoms with Gasteiger partial charge in [0.2, 0.25) is 0 Å². The van der Waals surface area contributed by atoms with Gasteiger partial charge in [0.05, 0.1) is 0 Å². The van der Waals surface area contributed by atoms with E-state index in [0.29, 0.717) is 0 Å². The number of nitrogens with one attached hydrogen (secondary N) is 2. The highest BCUT2D eigenvalue weighted by molar-refractivity contribution is 5.86. The van der Waals surface area contributed by atoms with Crippen LogP contribution in [0.1, 0.15) is 40.3 Å². The maximum absolute atomic E-state index is 12.5. The van der Waals surface area contributed by atoms with Crippen LogP contribution in [0.3, 0.4) is 0 Å². The molecule has 4 aromatic carbocycles. The summed E-state index contributed by atoms with van der Waals surface area (Å²) in [6.07, 6.45) is 0. The molecule has 0 bridgehead atoms. The average molecular weight is 465 g/mol. The van der Waals surface area contributed by atoms with Crippen molar-refractivity contribution in [2.45, 2.75) is 40.0 Å². The van der Waals surface area contributed by atoms with Crippen molar-refractivity contribution in [3.8, 4) is 0 Å². The minimum absolute atomic E-state index is 0.728. The van der Waals surface area contributed by atoms with Crippen molar-refractivity contribution < 1.29 is 9.90 Å². The first-order valence-electron chi connectivity index (χ1n) is 11.8. The number of rotatable bonds is 7. The van der Waals surface area contributed by atoms with Crippen molar-refractivity contribution in [2.75, 3.05) is 10.6 Å². The molecule has 0 heterocycles. The highest BCUT2D eigenvalue weighted by atomic mass is 16.4. The summed E-state index contributed by atoms with van der Waals surface area (Å²) in [5.74, 6) is -0.886. The second-order valence-electron chi connectivity index (χ2n) is 9.47. The second kappa shape index (κ2) is 9.67. The van der Waals surface area contributed by atoms with Gasteiger partial charge in [-0.15, -0.1) is 0 Å². The first-order valence-corrected chi connectivity index (χ1v) is 11.8. The fourth-order valence-electron chi connectivity index (χ4n) is 4.41. The third-order valence-corrected chi connectivity index (χ3v) is 6.67. The Morgan fingerprint density at radius 1 is 0.629 bits per heavy atom. The van der Waals surface area contributed by atoms with E-state index in [4.69, 9.17) is 0 Å². The molecule has 0 aliphatic heterocycles. The molecule has 178 valence electrons. The van der Waals surface area contributed by atoms with Gasteiger partial charge in [-0.1, -0.05) is 59.7 Å². The molecule has 0 amide bonds. The first kappa shape index (κ1) is 24.1. The summed E-state index contributed by atoms with van der Waals surface area (Å²) >= 11 is 0. The zero-order valence-electron chi connectivity index (χ0n) is 20.9. The molecule has 0 aromatic heterocycles. The lowest BCUT2D eigenvalue weighted by Gasteiger charge is -2.27. The molecule has 4 heteroatoms. The molecule has 0 aliphatic rings. The van der Waals surface area contributed by atoms with E-state index in [1.165, 1.54) is 22.3 Å². The number of aliphatic carboxylic acids is 1. The maximum Gasteiger partial charge on any atom is 0.318 e. The van der Waals surface area contributed by atoms with Crippen molar-refractivity contribution in [1.29, 1.82) is 0 Å². The molecular formula is C31H32N2O2. The second-order valence-corrected chi connectivity index (χ2v) is 9.47. The van der Waals surface area contributed by atoms with Gasteiger partial charge in [0.15, 0.2) is 0 Å². The van der Waals surface area contributed by atoms with Gasteiger partial charge in [0, 0.05) is 22.7 Å². The van der Waals surface area contributed by atoms with Gasteiger partial charge >= 0.3 is 5.97 Å². The molecule has 4 rings (SSSR count). The molecule has 4 nitrogen and oxygen atoms in total. The lowest BCUT2D eigenvalue weighted by atomic mass is 9.76. The van der Waals surface area contributed by atoms with Crippen molar-refractivity contribution in [3.05, 3.63) is 118 Å². The van der Waals surface area contributed by atoms with E-state index in [1.807, 2.05) is 48.5 Å². The predicted molar refractivity (Wildman–Crippen MR) is 145 cm³/mol. The van der Waals surface area contributed by atoms with E-state index in [1.54, 1.807) is 6.92 Å². The molecule has 0 fully saturated rings. The fourth-order valence-corrected chi connectivity index (χ4v) is 4.41. The molecule has 0 spiro atoms. The predicted octanol–water partition coefficient (Wildman–Crippen LogP) is 7.80. The third kappa shape index (κ3) is 5.07. The Labute approximate surface area is 207 Å². The maximum atomic E-state index is 12.5. The Balaban J connectivity index is 1.57. The van der Waals surface area contributed by atoms with Gasteiger partial charge in [0.25, 0.3) is 0 Å². The van der Waals surface area contributed by atoms with Gasteiger partial charge in [-0.3, -0.25) is 4.79 Å². The number of carbonyl (C=O) groups is 1. The molecule has 0 aliphatic carbocycles. The molecule has 35 heavy (non-hydrogen) atoms. The van der Waals surface area contributed by atoms with Crippen LogP contribution in [0.2, 0.25) is 0 Å². The molecule has 3 N–H and O–H groups in total. The van der Waals surface area contributed by atoms with Gasteiger partial charge in [-0.25, -0.2) is 0 Å². The number of anilines is 4. The van der Waals surface area contributed by atoms with E-state index in [9.17, 15) is 9.90 Å². The van der Waals surface area contributed by atoms with Crippen LogP contribution >= 0.6 is 0 Å². The zero-order valence-corrected chi connectivity index (χ0v) is 20.9. The SMILES string of the molecule is Cc1ccc(Nc2ccc(C(C)(C(=O)O)c3ccc(Nc4ccc(C)cc4C)cc3)cc2)c(C)c1. The standard InChI is InChI=1S/C31H32N2O2/c1-20-6-16-28(22(3)18-20)32-26-12-8-24(9-13-26)31(5,30(34)35)25-10-14-27(15-11-25)33-29-17-7-21(2)19-23(29)4/h6-19,32-33H,1-5H3,(H,34,35). The van der Waals surface area contributed by atoms with E-state index in [0.717, 1.165) is 33.9 Å². The molecule has 0 unspecified atom stereocenters. The molecular weight excluding hydrogens is 432 g/mol. The Hall–Kier alpha value is -4.05. The zero-order chi connectivity index (χ0) is 25.2. The lowest BCUT2D eigenvalue weighted by molar-refractivity contribution is -0.141. The largest absolute Gasteiger partial charge is 0.480 e. The van der Waals surface area contributed by atoms with E-state index in [-0.39, 0.29) is 0 Å².